The van der Waals surface area contributed by atoms with E-state index in [1.807, 2.05) is 0 Å². The van der Waals surface area contributed by atoms with E-state index in [0.717, 1.165) is 0 Å². The largest absolute Gasteiger partial charge is 0.207 e. The minimum Gasteiger partial charge on any atom is -0.207 e. The zero-order valence-electron chi connectivity index (χ0n) is 10.3. The topological polar surface area (TPSA) is 0 Å². The number of benzene rings is 1. The van der Waals surface area contributed by atoms with Crippen LogP contribution in [0.3, 0.4) is 0 Å². The van der Waals surface area contributed by atoms with E-state index in [4.69, 9.17) is 8.22 Å². The second-order valence-electron chi connectivity index (χ2n) is 1.38. The van der Waals surface area contributed by atoms with Gasteiger partial charge in [0.2, 0.25) is 0 Å². The molecule has 0 fully saturated rings. The van der Waals surface area contributed by atoms with Gasteiger partial charge in [-0.15, -0.1) is 0 Å². The summed E-state index contributed by atoms with van der Waals surface area (Å²) in [6.07, 6.45) is 0. The zero-order chi connectivity index (χ0) is 12.0. The lowest BCUT2D eigenvalue weighted by Gasteiger charge is -1.93. The van der Waals surface area contributed by atoms with E-state index in [1.54, 1.807) is 0 Å². The minimum absolute atomic E-state index is 0.181. The molecule has 1 aromatic rings. The van der Waals surface area contributed by atoms with Crippen LogP contribution in [0.4, 0.5) is 4.39 Å². The van der Waals surface area contributed by atoms with Gasteiger partial charge in [0.25, 0.3) is 0 Å². The van der Waals surface area contributed by atoms with E-state index in [1.165, 1.54) is 0 Å². The Morgan fingerprint density at radius 1 is 1.78 bits per heavy atom. The van der Waals surface area contributed by atoms with E-state index in [9.17, 15) is 4.39 Å². The van der Waals surface area contributed by atoms with Crippen LogP contribution < -0.4 is 0 Å². The quantitative estimate of drug-likeness (QED) is 0.597. The lowest BCUT2D eigenvalue weighted by molar-refractivity contribution is 0.618. The molecule has 0 saturated heterocycles. The highest BCUT2D eigenvalue weighted by Gasteiger charge is 1.94. The number of hydrogen-bond acceptors (Lipinski definition) is 0. The van der Waals surface area contributed by atoms with Crippen molar-refractivity contribution in [2.24, 2.45) is 0 Å². The lowest BCUT2D eigenvalue weighted by atomic mass is 10.2. The fraction of sp³-hybridized carbons (Fsp3) is 0.143. The molecule has 0 aliphatic heterocycles. The Balaban J connectivity index is 3.68. The molecule has 0 aliphatic carbocycles. The smallest absolute Gasteiger partial charge is 0.126 e. The summed E-state index contributed by atoms with van der Waals surface area (Å²) in [4.78, 5) is 0. The van der Waals surface area contributed by atoms with Gasteiger partial charge in [-0.3, -0.25) is 0 Å². The van der Waals surface area contributed by atoms with Crippen molar-refractivity contribution in [2.45, 2.75) is 6.85 Å². The first kappa shape index (κ1) is 2.35. The van der Waals surface area contributed by atoms with Crippen LogP contribution in [0.1, 0.15) is 13.8 Å². The Hall–Kier alpha value is -0.370. The van der Waals surface area contributed by atoms with Crippen molar-refractivity contribution in [1.29, 1.82) is 0 Å². The number of hydrogen-bond donors (Lipinski definition) is 0. The van der Waals surface area contributed by atoms with Crippen molar-refractivity contribution >= 4 is 15.9 Å². The van der Waals surface area contributed by atoms with Gasteiger partial charge >= 0.3 is 0 Å². The van der Waals surface area contributed by atoms with Gasteiger partial charge in [0.15, 0.2) is 0 Å². The normalized spacial score (nSPS) is 20.7. The van der Waals surface area contributed by atoms with Crippen LogP contribution in [-0.2, 0) is 0 Å². The molecular weight excluding hydrogens is 183 g/mol. The molecule has 0 spiro atoms. The minimum atomic E-state index is -2.80. The van der Waals surface area contributed by atoms with E-state index >= 15 is 0 Å². The zero-order valence-corrected chi connectivity index (χ0v) is 5.84. The Labute approximate surface area is 70.3 Å². The van der Waals surface area contributed by atoms with Crippen LogP contribution in [0.15, 0.2) is 22.6 Å². The van der Waals surface area contributed by atoms with Gasteiger partial charge in [0, 0.05) is 8.58 Å². The Morgan fingerprint density at radius 3 is 3.22 bits per heavy atom. The lowest BCUT2D eigenvalue weighted by Crippen LogP contribution is -1.78. The number of rotatable bonds is 0. The van der Waals surface area contributed by atoms with E-state index in [0.29, 0.717) is 0 Å². The monoisotopic (exact) mass is 194 g/mol. The van der Waals surface area contributed by atoms with E-state index < -0.39 is 36.4 Å². The summed E-state index contributed by atoms with van der Waals surface area (Å²) in [6.45, 7) is -2.80. The predicted molar refractivity (Wildman–Crippen MR) is 38.8 cm³/mol. The summed E-state index contributed by atoms with van der Waals surface area (Å²) in [5.74, 6) is -1.33. The molecule has 0 N–H and O–H groups in total. The van der Waals surface area contributed by atoms with Gasteiger partial charge in [-0.25, -0.2) is 4.39 Å². The fourth-order valence-corrected chi connectivity index (χ4v) is 0.665. The highest BCUT2D eigenvalue weighted by Crippen LogP contribution is 2.13. The molecule has 0 heterocycles. The van der Waals surface area contributed by atoms with Crippen molar-refractivity contribution in [3.63, 3.8) is 0 Å². The molecule has 0 aliphatic rings. The van der Waals surface area contributed by atoms with Gasteiger partial charge in [-0.1, -0.05) is 15.9 Å². The van der Waals surface area contributed by atoms with Gasteiger partial charge < -0.3 is 0 Å². The van der Waals surface area contributed by atoms with Gasteiger partial charge in [0.1, 0.15) is 5.82 Å². The SMILES string of the molecule is [2H]c1c([2H])c(Br)c([2H])c(C([2H])([2H])[2H])c1F. The molecule has 1 aromatic carbocycles. The third-order valence-electron chi connectivity index (χ3n) is 0.736. The second-order valence-corrected chi connectivity index (χ2v) is 2.17. The second kappa shape index (κ2) is 2.48. The summed E-state index contributed by atoms with van der Waals surface area (Å²) in [7, 11) is 0. The molecule has 0 atom stereocenters. The van der Waals surface area contributed by atoms with Crippen LogP contribution in [0.25, 0.3) is 0 Å². The predicted octanol–water partition coefficient (Wildman–Crippen LogP) is 2.90. The average Bonchev–Trinajstić information content (AvgIpc) is 2.09. The standard InChI is InChI=1S/C7H6BrF/c1-5-4-6(8)2-3-7(5)9/h2-4H,1H3/i1D3,2D,3D,4D. The third kappa shape index (κ3) is 1.52. The summed E-state index contributed by atoms with van der Waals surface area (Å²) in [5, 5.41) is 0. The van der Waals surface area contributed by atoms with Crippen molar-refractivity contribution in [1.82, 2.24) is 0 Å². The molecule has 0 unspecified atom stereocenters. The Morgan fingerprint density at radius 2 is 2.56 bits per heavy atom. The fourth-order valence-electron chi connectivity index (χ4n) is 0.368. The van der Waals surface area contributed by atoms with Crippen molar-refractivity contribution in [3.8, 4) is 0 Å². The van der Waals surface area contributed by atoms with Crippen molar-refractivity contribution < 1.29 is 12.6 Å². The van der Waals surface area contributed by atoms with E-state index in [2.05, 4.69) is 15.9 Å². The summed E-state index contributed by atoms with van der Waals surface area (Å²) >= 11 is 2.80. The summed E-state index contributed by atoms with van der Waals surface area (Å²) < 4.78 is 56.1. The van der Waals surface area contributed by atoms with Crippen LogP contribution >= 0.6 is 15.9 Å². The maximum absolute atomic E-state index is 13.4. The summed E-state index contributed by atoms with van der Waals surface area (Å²) in [5.41, 5.74) is -0.824. The molecule has 0 bridgehead atoms. The van der Waals surface area contributed by atoms with Gasteiger partial charge in [0.05, 0.1) is 4.11 Å². The molecule has 1 rings (SSSR count). The number of halogens is 2. The Bertz CT molecular complexity index is 384. The molecule has 9 heavy (non-hydrogen) atoms. The third-order valence-corrected chi connectivity index (χ3v) is 1.13. The van der Waals surface area contributed by atoms with E-state index in [-0.39, 0.29) is 4.47 Å². The molecule has 2 heteroatoms. The van der Waals surface area contributed by atoms with Crippen molar-refractivity contribution in [2.75, 3.05) is 0 Å². The molecular formula is C7H6BrF. The molecule has 0 aromatic heterocycles. The van der Waals surface area contributed by atoms with Gasteiger partial charge in [-0.2, -0.15) is 0 Å². The first-order valence-electron chi connectivity index (χ1n) is 5.13. The van der Waals surface area contributed by atoms with Crippen LogP contribution in [0, 0.1) is 12.7 Å². The van der Waals surface area contributed by atoms with Crippen LogP contribution in [0.2, 0.25) is 0 Å². The average molecular weight is 195 g/mol. The molecule has 0 nitrogen and oxygen atoms in total. The maximum Gasteiger partial charge on any atom is 0.126 e. The van der Waals surface area contributed by atoms with Gasteiger partial charge in [-0.05, 0) is 30.5 Å². The first-order valence-corrected chi connectivity index (χ1v) is 2.92. The van der Waals surface area contributed by atoms with Crippen LogP contribution in [-0.4, -0.2) is 0 Å². The van der Waals surface area contributed by atoms with Crippen molar-refractivity contribution in [3.05, 3.63) is 34.0 Å². The molecule has 48 valence electrons. The summed E-state index contributed by atoms with van der Waals surface area (Å²) in [6, 6.07) is -1.94. The van der Waals surface area contributed by atoms with Crippen LogP contribution in [0.5, 0.6) is 0 Å². The molecule has 0 amide bonds. The highest BCUT2D eigenvalue weighted by atomic mass is 79.9. The Kier molecular flexibility index (Phi) is 0.647. The first-order chi connectivity index (χ1) is 6.68. The highest BCUT2D eigenvalue weighted by molar-refractivity contribution is 9.10. The molecule has 0 saturated carbocycles. The molecule has 0 radical (unpaired) electrons. The maximum atomic E-state index is 13.4.